The normalized spacial score (nSPS) is 16.4. The molecule has 106 valence electrons. The lowest BCUT2D eigenvalue weighted by Gasteiger charge is -2.24. The number of aromatic amines is 1. The molecule has 2 rings (SSSR count). The molecule has 1 aliphatic carbocycles. The fourth-order valence-corrected chi connectivity index (χ4v) is 3.38. The van der Waals surface area contributed by atoms with Gasteiger partial charge in [-0.15, -0.1) is 0 Å². The first-order chi connectivity index (χ1) is 8.87. The fraction of sp³-hybridized carbons (Fsp3) is 0.667. The number of nitrogens with zero attached hydrogens (tertiary/aromatic N) is 1. The fourth-order valence-electron chi connectivity index (χ4n) is 1.95. The number of nitrogens with one attached hydrogen (secondary N) is 2. The summed E-state index contributed by atoms with van der Waals surface area (Å²) in [6.45, 7) is 3.92. The molecule has 1 heterocycles. The van der Waals surface area contributed by atoms with Crippen molar-refractivity contribution in [3.8, 4) is 0 Å². The van der Waals surface area contributed by atoms with Crippen molar-refractivity contribution < 1.29 is 13.2 Å². The topological polar surface area (TPSA) is 91.9 Å². The second-order valence-corrected chi connectivity index (χ2v) is 7.14. The maximum Gasteiger partial charge on any atom is 0.285 e. The van der Waals surface area contributed by atoms with Gasteiger partial charge in [-0.2, -0.15) is 5.10 Å². The molecule has 0 unspecified atom stereocenters. The first-order valence-corrected chi connectivity index (χ1v) is 8.13. The summed E-state index contributed by atoms with van der Waals surface area (Å²) in [5, 5.41) is 6.56. The maximum atomic E-state index is 11.8. The number of carbonyl (C=O) groups excluding carboxylic acids is 1. The Labute approximate surface area is 113 Å². The van der Waals surface area contributed by atoms with Gasteiger partial charge in [0.25, 0.3) is 5.91 Å². The number of hydrogen-bond donors (Lipinski definition) is 2. The van der Waals surface area contributed by atoms with E-state index in [1.165, 1.54) is 0 Å². The van der Waals surface area contributed by atoms with E-state index in [1.807, 2.05) is 13.8 Å². The van der Waals surface area contributed by atoms with Gasteiger partial charge >= 0.3 is 0 Å². The van der Waals surface area contributed by atoms with E-state index in [9.17, 15) is 13.2 Å². The van der Waals surface area contributed by atoms with E-state index in [0.717, 1.165) is 25.0 Å². The van der Waals surface area contributed by atoms with E-state index in [2.05, 4.69) is 14.9 Å². The molecular formula is C12H19N3O3S. The van der Waals surface area contributed by atoms with Gasteiger partial charge in [0.1, 0.15) is 0 Å². The van der Waals surface area contributed by atoms with Crippen LogP contribution in [0.1, 0.15) is 55.2 Å². The average molecular weight is 285 g/mol. The lowest BCUT2D eigenvalue weighted by Crippen LogP contribution is -2.36. The smallest absolute Gasteiger partial charge is 0.282 e. The van der Waals surface area contributed by atoms with Crippen molar-refractivity contribution in [3.05, 3.63) is 17.5 Å². The third-order valence-electron chi connectivity index (χ3n) is 3.38. The molecule has 0 bridgehead atoms. The van der Waals surface area contributed by atoms with Crippen molar-refractivity contribution in [3.63, 3.8) is 0 Å². The van der Waals surface area contributed by atoms with E-state index in [0.29, 0.717) is 0 Å². The van der Waals surface area contributed by atoms with Crippen LogP contribution in [-0.4, -0.2) is 30.3 Å². The number of amides is 1. The minimum absolute atomic E-state index is 0.0280. The molecule has 0 saturated heterocycles. The highest BCUT2D eigenvalue weighted by molar-refractivity contribution is 7.90. The first kappa shape index (κ1) is 14.0. The Hall–Kier alpha value is -1.37. The number of carbonyl (C=O) groups is 1. The van der Waals surface area contributed by atoms with E-state index < -0.39 is 15.9 Å². The Balaban J connectivity index is 1.99. The molecule has 0 aromatic carbocycles. The molecule has 19 heavy (non-hydrogen) atoms. The zero-order valence-corrected chi connectivity index (χ0v) is 12.0. The summed E-state index contributed by atoms with van der Waals surface area (Å²) in [7, 11) is -3.55. The van der Waals surface area contributed by atoms with Crippen molar-refractivity contribution in [2.45, 2.75) is 39.0 Å². The summed E-state index contributed by atoms with van der Waals surface area (Å²) in [5.74, 6) is -0.237. The molecule has 1 saturated carbocycles. The van der Waals surface area contributed by atoms with Crippen LogP contribution in [0, 0.1) is 5.92 Å². The summed E-state index contributed by atoms with van der Waals surface area (Å²) in [5.41, 5.74) is 0.919. The highest BCUT2D eigenvalue weighted by atomic mass is 32.2. The Morgan fingerprint density at radius 1 is 1.53 bits per heavy atom. The molecule has 2 N–H and O–H groups in total. The molecule has 0 atom stereocenters. The molecule has 1 aliphatic rings. The van der Waals surface area contributed by atoms with Crippen molar-refractivity contribution in [2.75, 3.05) is 5.75 Å². The van der Waals surface area contributed by atoms with Crippen LogP contribution in [0.15, 0.2) is 6.07 Å². The van der Waals surface area contributed by atoms with Gasteiger partial charge in [-0.1, -0.05) is 20.3 Å². The maximum absolute atomic E-state index is 11.8. The monoisotopic (exact) mass is 285 g/mol. The lowest BCUT2D eigenvalue weighted by atomic mass is 9.87. The average Bonchev–Trinajstić information content (AvgIpc) is 2.72. The number of H-pyrrole nitrogens is 1. The zero-order chi connectivity index (χ0) is 14.0. The number of aromatic nitrogens is 2. The quantitative estimate of drug-likeness (QED) is 0.855. The van der Waals surface area contributed by atoms with E-state index in [4.69, 9.17) is 0 Å². The minimum atomic E-state index is -3.55. The molecule has 6 nitrogen and oxygen atoms in total. The van der Waals surface area contributed by atoms with Gasteiger partial charge in [-0.25, -0.2) is 13.1 Å². The molecule has 0 spiro atoms. The molecule has 0 radical (unpaired) electrons. The molecular weight excluding hydrogens is 266 g/mol. The third kappa shape index (κ3) is 3.56. The third-order valence-corrected chi connectivity index (χ3v) is 4.79. The Kier molecular flexibility index (Phi) is 3.93. The summed E-state index contributed by atoms with van der Waals surface area (Å²) in [4.78, 5) is 11.8. The van der Waals surface area contributed by atoms with Gasteiger partial charge in [-0.3, -0.25) is 9.89 Å². The minimum Gasteiger partial charge on any atom is -0.282 e. The SMILES string of the molecule is CC(C)c1cc(C(=O)NS(=O)(=O)CC2CCC2)n[nH]1. The standard InChI is InChI=1S/C12H19N3O3S/c1-8(2)10-6-11(14-13-10)12(16)15-19(17,18)7-9-4-3-5-9/h6,8-9H,3-5,7H2,1-2H3,(H,13,14)(H,15,16). The summed E-state index contributed by atoms with van der Waals surface area (Å²) in [6, 6.07) is 1.58. The van der Waals surface area contributed by atoms with Crippen LogP contribution in [0.25, 0.3) is 0 Å². The summed E-state index contributed by atoms with van der Waals surface area (Å²) >= 11 is 0. The van der Waals surface area contributed by atoms with Crippen molar-refractivity contribution in [1.82, 2.24) is 14.9 Å². The van der Waals surface area contributed by atoms with Crippen molar-refractivity contribution >= 4 is 15.9 Å². The molecule has 1 amide bonds. The molecule has 1 fully saturated rings. The Morgan fingerprint density at radius 2 is 2.21 bits per heavy atom. The van der Waals surface area contributed by atoms with Crippen LogP contribution >= 0.6 is 0 Å². The van der Waals surface area contributed by atoms with E-state index in [-0.39, 0.29) is 23.3 Å². The molecule has 7 heteroatoms. The van der Waals surface area contributed by atoms with Gasteiger partial charge in [0, 0.05) is 5.69 Å². The highest BCUT2D eigenvalue weighted by Crippen LogP contribution is 2.27. The second-order valence-electron chi connectivity index (χ2n) is 5.37. The predicted molar refractivity (Wildman–Crippen MR) is 71.3 cm³/mol. The van der Waals surface area contributed by atoms with Gasteiger partial charge < -0.3 is 0 Å². The van der Waals surface area contributed by atoms with Gasteiger partial charge in [-0.05, 0) is 30.7 Å². The van der Waals surface area contributed by atoms with Gasteiger partial charge in [0.05, 0.1) is 5.75 Å². The lowest BCUT2D eigenvalue weighted by molar-refractivity contribution is 0.0976. The van der Waals surface area contributed by atoms with Crippen molar-refractivity contribution in [1.29, 1.82) is 0 Å². The van der Waals surface area contributed by atoms with Crippen LogP contribution in [0.2, 0.25) is 0 Å². The van der Waals surface area contributed by atoms with Crippen LogP contribution in [0.4, 0.5) is 0 Å². The van der Waals surface area contributed by atoms with Gasteiger partial charge in [0.2, 0.25) is 10.0 Å². The first-order valence-electron chi connectivity index (χ1n) is 6.47. The van der Waals surface area contributed by atoms with Crippen LogP contribution in [-0.2, 0) is 10.0 Å². The van der Waals surface area contributed by atoms with E-state index >= 15 is 0 Å². The highest BCUT2D eigenvalue weighted by Gasteiger charge is 2.26. The number of sulfonamides is 1. The summed E-state index contributed by atoms with van der Waals surface area (Å²) < 4.78 is 25.7. The number of rotatable bonds is 5. The predicted octanol–water partition coefficient (Wildman–Crippen LogP) is 1.39. The van der Waals surface area contributed by atoms with Crippen molar-refractivity contribution in [2.24, 2.45) is 5.92 Å². The van der Waals surface area contributed by atoms with Crippen LogP contribution in [0.3, 0.4) is 0 Å². The Bertz CT molecular complexity index is 559. The van der Waals surface area contributed by atoms with Gasteiger partial charge in [0.15, 0.2) is 5.69 Å². The second kappa shape index (κ2) is 5.32. The Morgan fingerprint density at radius 3 is 2.68 bits per heavy atom. The number of hydrogen-bond acceptors (Lipinski definition) is 4. The van der Waals surface area contributed by atoms with E-state index in [1.54, 1.807) is 6.07 Å². The molecule has 1 aromatic heterocycles. The largest absolute Gasteiger partial charge is 0.285 e. The summed E-state index contributed by atoms with van der Waals surface area (Å²) in [6.07, 6.45) is 2.93. The molecule has 0 aliphatic heterocycles. The van der Waals surface area contributed by atoms with Crippen LogP contribution < -0.4 is 4.72 Å². The van der Waals surface area contributed by atoms with Crippen LogP contribution in [0.5, 0.6) is 0 Å². The molecule has 1 aromatic rings. The zero-order valence-electron chi connectivity index (χ0n) is 11.1.